The lowest BCUT2D eigenvalue weighted by atomic mass is 10.0. The molecule has 0 heterocycles. The molecule has 0 aromatic heterocycles. The van der Waals surface area contributed by atoms with Gasteiger partial charge in [0.05, 0.1) is 5.38 Å². The summed E-state index contributed by atoms with van der Waals surface area (Å²) in [6, 6.07) is 6.57. The van der Waals surface area contributed by atoms with Gasteiger partial charge in [-0.05, 0) is 36.8 Å². The zero-order chi connectivity index (χ0) is 15.3. The van der Waals surface area contributed by atoms with E-state index in [4.69, 9.17) is 11.6 Å². The minimum Gasteiger partial charge on any atom is -0.301 e. The van der Waals surface area contributed by atoms with Crippen LogP contribution in [0.2, 0.25) is 0 Å². The van der Waals surface area contributed by atoms with E-state index in [2.05, 4.69) is 64.6 Å². The van der Waals surface area contributed by atoms with Gasteiger partial charge in [0.15, 0.2) is 0 Å². The summed E-state index contributed by atoms with van der Waals surface area (Å²) >= 11 is 6.68. The maximum absolute atomic E-state index is 6.68. The van der Waals surface area contributed by atoms with Crippen molar-refractivity contribution in [3.63, 3.8) is 0 Å². The molecule has 0 saturated heterocycles. The van der Waals surface area contributed by atoms with Gasteiger partial charge in [-0.2, -0.15) is 0 Å². The van der Waals surface area contributed by atoms with Crippen molar-refractivity contribution in [1.29, 1.82) is 0 Å². The van der Waals surface area contributed by atoms with Crippen LogP contribution in [0, 0.1) is 25.7 Å². The molecule has 2 heteroatoms. The van der Waals surface area contributed by atoms with E-state index in [1.807, 2.05) is 0 Å². The van der Waals surface area contributed by atoms with E-state index in [1.54, 1.807) is 0 Å². The van der Waals surface area contributed by atoms with E-state index in [0.717, 1.165) is 19.6 Å². The molecule has 114 valence electrons. The van der Waals surface area contributed by atoms with Crippen LogP contribution in [0.1, 0.15) is 49.8 Å². The molecule has 0 fully saturated rings. The summed E-state index contributed by atoms with van der Waals surface area (Å²) in [5, 5.41) is 0.0769. The molecule has 0 radical (unpaired) electrons. The Bertz CT molecular complexity index is 402. The summed E-state index contributed by atoms with van der Waals surface area (Å²) in [6.45, 7) is 16.5. The lowest BCUT2D eigenvalue weighted by Crippen LogP contribution is -2.34. The molecule has 0 aliphatic heterocycles. The summed E-state index contributed by atoms with van der Waals surface area (Å²) in [5.74, 6) is 1.36. The molecule has 0 aliphatic rings. The third-order valence-electron chi connectivity index (χ3n) is 3.43. The molecule has 1 aromatic carbocycles. The first-order valence-corrected chi connectivity index (χ1v) is 8.16. The molecule has 0 spiro atoms. The molecule has 1 unspecified atom stereocenters. The summed E-state index contributed by atoms with van der Waals surface area (Å²) in [6.07, 6.45) is 0. The van der Waals surface area contributed by atoms with E-state index in [0.29, 0.717) is 11.8 Å². The number of halogens is 1. The Balaban J connectivity index is 2.75. The highest BCUT2D eigenvalue weighted by molar-refractivity contribution is 6.21. The fraction of sp³-hybridized carbons (Fsp3) is 0.667. The standard InChI is InChI=1S/C18H30ClN/c1-13(2)10-20(11-14(3)4)12-18(19)17-8-7-15(5)9-16(17)6/h7-9,13-14,18H,10-12H2,1-6H3. The van der Waals surface area contributed by atoms with Crippen LogP contribution in [-0.2, 0) is 0 Å². The van der Waals surface area contributed by atoms with Crippen molar-refractivity contribution in [3.05, 3.63) is 34.9 Å². The van der Waals surface area contributed by atoms with Crippen LogP contribution in [0.15, 0.2) is 18.2 Å². The van der Waals surface area contributed by atoms with Gasteiger partial charge in [0.25, 0.3) is 0 Å². The molecular formula is C18H30ClN. The number of alkyl halides is 1. The first-order valence-electron chi connectivity index (χ1n) is 7.73. The van der Waals surface area contributed by atoms with Gasteiger partial charge in [-0.25, -0.2) is 0 Å². The number of hydrogen-bond donors (Lipinski definition) is 0. The monoisotopic (exact) mass is 295 g/mol. The average Bonchev–Trinajstić information content (AvgIpc) is 2.26. The molecule has 1 aromatic rings. The van der Waals surface area contributed by atoms with Crippen molar-refractivity contribution in [2.45, 2.75) is 46.9 Å². The first-order chi connectivity index (χ1) is 9.29. The summed E-state index contributed by atoms with van der Waals surface area (Å²) in [7, 11) is 0. The smallest absolute Gasteiger partial charge is 0.0714 e. The lowest BCUT2D eigenvalue weighted by molar-refractivity contribution is 0.219. The third-order valence-corrected chi connectivity index (χ3v) is 3.80. The molecule has 0 saturated carbocycles. The predicted molar refractivity (Wildman–Crippen MR) is 90.6 cm³/mol. The van der Waals surface area contributed by atoms with Gasteiger partial charge in [-0.15, -0.1) is 11.6 Å². The van der Waals surface area contributed by atoms with Crippen LogP contribution in [0.25, 0.3) is 0 Å². The molecule has 0 N–H and O–H groups in total. The molecule has 20 heavy (non-hydrogen) atoms. The summed E-state index contributed by atoms with van der Waals surface area (Å²) < 4.78 is 0. The molecule has 1 atom stereocenters. The van der Waals surface area contributed by atoms with Crippen molar-refractivity contribution in [1.82, 2.24) is 4.90 Å². The van der Waals surface area contributed by atoms with Gasteiger partial charge < -0.3 is 4.90 Å². The van der Waals surface area contributed by atoms with Gasteiger partial charge in [0, 0.05) is 19.6 Å². The fourth-order valence-corrected chi connectivity index (χ4v) is 3.20. The highest BCUT2D eigenvalue weighted by Crippen LogP contribution is 2.26. The number of hydrogen-bond acceptors (Lipinski definition) is 1. The van der Waals surface area contributed by atoms with Crippen molar-refractivity contribution in [2.24, 2.45) is 11.8 Å². The second-order valence-electron chi connectivity index (χ2n) is 6.83. The van der Waals surface area contributed by atoms with Crippen molar-refractivity contribution < 1.29 is 0 Å². The van der Waals surface area contributed by atoms with E-state index >= 15 is 0 Å². The van der Waals surface area contributed by atoms with Crippen LogP contribution < -0.4 is 0 Å². The van der Waals surface area contributed by atoms with E-state index in [9.17, 15) is 0 Å². The number of rotatable bonds is 7. The molecule has 0 bridgehead atoms. The average molecular weight is 296 g/mol. The Kier molecular flexibility index (Phi) is 7.05. The highest BCUT2D eigenvalue weighted by atomic mass is 35.5. The van der Waals surface area contributed by atoms with Crippen LogP contribution in [0.5, 0.6) is 0 Å². The Morgan fingerprint density at radius 2 is 1.50 bits per heavy atom. The molecule has 1 nitrogen and oxygen atoms in total. The van der Waals surface area contributed by atoms with Crippen LogP contribution >= 0.6 is 11.6 Å². The zero-order valence-corrected chi connectivity index (χ0v) is 14.7. The lowest BCUT2D eigenvalue weighted by Gasteiger charge is -2.28. The van der Waals surface area contributed by atoms with Gasteiger partial charge in [-0.1, -0.05) is 51.5 Å². The number of nitrogens with zero attached hydrogens (tertiary/aromatic N) is 1. The molecule has 0 aliphatic carbocycles. The van der Waals surface area contributed by atoms with E-state index < -0.39 is 0 Å². The minimum absolute atomic E-state index is 0.0769. The van der Waals surface area contributed by atoms with Crippen LogP contribution in [0.3, 0.4) is 0 Å². The molecule has 0 amide bonds. The normalized spacial score (nSPS) is 13.5. The maximum Gasteiger partial charge on any atom is 0.0714 e. The van der Waals surface area contributed by atoms with Crippen molar-refractivity contribution in [2.75, 3.05) is 19.6 Å². The molecular weight excluding hydrogens is 266 g/mol. The number of aryl methyl sites for hydroxylation is 2. The molecule has 1 rings (SSSR count). The van der Waals surface area contributed by atoms with Crippen molar-refractivity contribution in [3.8, 4) is 0 Å². The minimum atomic E-state index is 0.0769. The quantitative estimate of drug-likeness (QED) is 0.625. The second-order valence-corrected chi connectivity index (χ2v) is 7.36. The van der Waals surface area contributed by atoms with E-state index in [-0.39, 0.29) is 5.38 Å². The summed E-state index contributed by atoms with van der Waals surface area (Å²) in [5.41, 5.74) is 3.88. The summed E-state index contributed by atoms with van der Waals surface area (Å²) in [4.78, 5) is 2.51. The highest BCUT2D eigenvalue weighted by Gasteiger charge is 2.17. The van der Waals surface area contributed by atoms with Crippen molar-refractivity contribution >= 4 is 11.6 Å². The number of benzene rings is 1. The van der Waals surface area contributed by atoms with Crippen LogP contribution in [-0.4, -0.2) is 24.5 Å². The van der Waals surface area contributed by atoms with Crippen LogP contribution in [0.4, 0.5) is 0 Å². The fourth-order valence-electron chi connectivity index (χ4n) is 2.76. The largest absolute Gasteiger partial charge is 0.301 e. The Labute approximate surface area is 130 Å². The SMILES string of the molecule is Cc1ccc(C(Cl)CN(CC(C)C)CC(C)C)c(C)c1. The maximum atomic E-state index is 6.68. The van der Waals surface area contributed by atoms with Gasteiger partial charge >= 0.3 is 0 Å². The third kappa shape index (κ3) is 5.85. The van der Waals surface area contributed by atoms with Gasteiger partial charge in [-0.3, -0.25) is 0 Å². The Morgan fingerprint density at radius 1 is 0.950 bits per heavy atom. The van der Waals surface area contributed by atoms with E-state index in [1.165, 1.54) is 16.7 Å². The Hall–Kier alpha value is -0.530. The first kappa shape index (κ1) is 17.5. The Morgan fingerprint density at radius 3 is 1.95 bits per heavy atom. The van der Waals surface area contributed by atoms with Gasteiger partial charge in [0.2, 0.25) is 0 Å². The van der Waals surface area contributed by atoms with Gasteiger partial charge in [0.1, 0.15) is 0 Å². The zero-order valence-electron chi connectivity index (χ0n) is 13.9. The topological polar surface area (TPSA) is 3.24 Å². The second kappa shape index (κ2) is 8.05. The predicted octanol–water partition coefficient (Wildman–Crippen LogP) is 5.20.